The van der Waals surface area contributed by atoms with Crippen molar-refractivity contribution in [1.29, 1.82) is 5.41 Å². The van der Waals surface area contributed by atoms with E-state index in [0.717, 1.165) is 10.4 Å². The van der Waals surface area contributed by atoms with E-state index in [2.05, 4.69) is 15.0 Å². The first kappa shape index (κ1) is 18.0. The van der Waals surface area contributed by atoms with Crippen LogP contribution in [0.4, 0.5) is 0 Å². The fourth-order valence-electron chi connectivity index (χ4n) is 2.28. The number of nitrogens with one attached hydrogen (secondary N) is 3. The smallest absolute Gasteiger partial charge is 0.237 e. The lowest BCUT2D eigenvalue weighted by Crippen LogP contribution is -2.60. The molecule has 0 spiro atoms. The molecular formula is C14H19ClN4O2S2. The van der Waals surface area contributed by atoms with Gasteiger partial charge in [0.2, 0.25) is 16.0 Å². The summed E-state index contributed by atoms with van der Waals surface area (Å²) in [6.45, 7) is 5.54. The third-order valence-corrected chi connectivity index (χ3v) is 6.17. The maximum atomic E-state index is 11.9. The van der Waals surface area contributed by atoms with E-state index in [-0.39, 0.29) is 17.6 Å². The van der Waals surface area contributed by atoms with Crippen molar-refractivity contribution in [3.8, 4) is 0 Å². The number of hydrogen-bond donors (Lipinski definition) is 3. The molecule has 1 fully saturated rings. The van der Waals surface area contributed by atoms with E-state index >= 15 is 0 Å². The van der Waals surface area contributed by atoms with Crippen molar-refractivity contribution in [3.63, 3.8) is 0 Å². The Balaban J connectivity index is 2.23. The van der Waals surface area contributed by atoms with Crippen LogP contribution in [0.5, 0.6) is 0 Å². The second-order valence-electron chi connectivity index (χ2n) is 5.74. The van der Waals surface area contributed by atoms with Gasteiger partial charge in [-0.1, -0.05) is 18.5 Å². The average molecular weight is 375 g/mol. The third-order valence-electron chi connectivity index (χ3n) is 3.39. The van der Waals surface area contributed by atoms with E-state index in [1.165, 1.54) is 11.3 Å². The molecule has 1 aliphatic heterocycles. The van der Waals surface area contributed by atoms with Crippen molar-refractivity contribution in [2.45, 2.75) is 32.2 Å². The van der Waals surface area contributed by atoms with Crippen molar-refractivity contribution in [2.24, 2.45) is 4.99 Å². The minimum absolute atomic E-state index is 0.0774. The van der Waals surface area contributed by atoms with Crippen molar-refractivity contribution in [1.82, 2.24) is 10.0 Å². The van der Waals surface area contributed by atoms with Crippen molar-refractivity contribution in [2.75, 3.05) is 5.75 Å². The van der Waals surface area contributed by atoms with Crippen molar-refractivity contribution < 1.29 is 8.42 Å². The Morgan fingerprint density at radius 1 is 1.61 bits per heavy atom. The van der Waals surface area contributed by atoms with Gasteiger partial charge in [-0.25, -0.2) is 8.42 Å². The average Bonchev–Trinajstić information content (AvgIpc) is 2.85. The third kappa shape index (κ3) is 4.55. The number of hydrogen-bond acceptors (Lipinski definition) is 5. The highest BCUT2D eigenvalue weighted by Crippen LogP contribution is 2.32. The molecule has 0 bridgehead atoms. The first-order chi connectivity index (χ1) is 10.6. The Hall–Kier alpha value is -1.38. The van der Waals surface area contributed by atoms with Crippen LogP contribution < -0.4 is 10.0 Å². The van der Waals surface area contributed by atoms with Crippen LogP contribution in [0.1, 0.15) is 37.1 Å². The molecular weight excluding hydrogens is 356 g/mol. The van der Waals surface area contributed by atoms with Crippen molar-refractivity contribution in [3.05, 3.63) is 33.1 Å². The second-order valence-corrected chi connectivity index (χ2v) is 8.97. The quantitative estimate of drug-likeness (QED) is 0.707. The lowest BCUT2D eigenvalue weighted by Gasteiger charge is -2.35. The van der Waals surface area contributed by atoms with Crippen LogP contribution in [0, 0.1) is 5.41 Å². The topological polar surface area (TPSA) is 94.4 Å². The lowest BCUT2D eigenvalue weighted by atomic mass is 9.99. The summed E-state index contributed by atoms with van der Waals surface area (Å²) in [7, 11) is -3.50. The van der Waals surface area contributed by atoms with Gasteiger partial charge in [-0.3, -0.25) is 15.1 Å². The van der Waals surface area contributed by atoms with Crippen LogP contribution in [0.25, 0.3) is 0 Å². The zero-order chi connectivity index (χ0) is 17.3. The molecule has 1 unspecified atom stereocenters. The predicted octanol–water partition coefficient (Wildman–Crippen LogP) is 2.70. The summed E-state index contributed by atoms with van der Waals surface area (Å²) in [6.07, 6.45) is 3.36. The summed E-state index contributed by atoms with van der Waals surface area (Å²) < 4.78 is 25.9. The Bertz CT molecular complexity index is 765. The summed E-state index contributed by atoms with van der Waals surface area (Å²) >= 11 is 7.20. The van der Waals surface area contributed by atoms with E-state index < -0.39 is 15.6 Å². The maximum absolute atomic E-state index is 11.9. The highest BCUT2D eigenvalue weighted by molar-refractivity contribution is 7.90. The van der Waals surface area contributed by atoms with E-state index in [1.54, 1.807) is 26.3 Å². The second kappa shape index (κ2) is 6.62. The molecule has 126 valence electrons. The van der Waals surface area contributed by atoms with Gasteiger partial charge in [0.25, 0.3) is 0 Å². The van der Waals surface area contributed by atoms with E-state index in [0.29, 0.717) is 5.03 Å². The highest BCUT2D eigenvalue weighted by Gasteiger charge is 2.39. The number of allylic oxidation sites excluding steroid dienone is 1. The minimum atomic E-state index is -3.50. The van der Waals surface area contributed by atoms with Crippen LogP contribution in [-0.4, -0.2) is 26.3 Å². The highest BCUT2D eigenvalue weighted by atomic mass is 35.5. The SMILES string of the molecule is C/C(Cl)=C\N=C/C(C)c1csc([C@]2(C)CS(=O)(=O)NC(=N)N2)c1. The molecule has 9 heteroatoms. The van der Waals surface area contributed by atoms with Crippen LogP contribution in [0.15, 0.2) is 27.7 Å². The molecule has 0 amide bonds. The molecule has 1 saturated heterocycles. The number of rotatable bonds is 4. The maximum Gasteiger partial charge on any atom is 0.237 e. The summed E-state index contributed by atoms with van der Waals surface area (Å²) in [4.78, 5) is 5.02. The van der Waals surface area contributed by atoms with Gasteiger partial charge in [-0.2, -0.15) is 0 Å². The van der Waals surface area contributed by atoms with Gasteiger partial charge in [0.15, 0.2) is 0 Å². The van der Waals surface area contributed by atoms with Gasteiger partial charge >= 0.3 is 0 Å². The first-order valence-corrected chi connectivity index (χ1v) is 9.84. The summed E-state index contributed by atoms with van der Waals surface area (Å²) in [5, 5.41) is 13.1. The molecule has 1 aromatic rings. The molecule has 2 rings (SSSR count). The monoisotopic (exact) mass is 374 g/mol. The number of sulfonamides is 1. The Morgan fingerprint density at radius 3 is 2.91 bits per heavy atom. The molecule has 2 atom stereocenters. The fourth-order valence-corrected chi connectivity index (χ4v) is 4.98. The Morgan fingerprint density at radius 2 is 2.30 bits per heavy atom. The molecule has 1 aromatic heterocycles. The van der Waals surface area contributed by atoms with Gasteiger partial charge in [0, 0.05) is 28.2 Å². The molecule has 0 saturated carbocycles. The van der Waals surface area contributed by atoms with Crippen LogP contribution in [0.3, 0.4) is 0 Å². The first-order valence-electron chi connectivity index (χ1n) is 6.93. The van der Waals surface area contributed by atoms with Gasteiger partial charge in [0.1, 0.15) is 0 Å². The van der Waals surface area contributed by atoms with Crippen molar-refractivity contribution >= 4 is 45.1 Å². The van der Waals surface area contributed by atoms with E-state index in [1.807, 2.05) is 18.4 Å². The van der Waals surface area contributed by atoms with Gasteiger partial charge < -0.3 is 5.32 Å². The summed E-state index contributed by atoms with van der Waals surface area (Å²) in [6, 6.07) is 1.96. The minimum Gasteiger partial charge on any atom is -0.345 e. The van der Waals surface area contributed by atoms with Crippen LogP contribution in [-0.2, 0) is 15.6 Å². The van der Waals surface area contributed by atoms with Crippen LogP contribution in [0.2, 0.25) is 0 Å². The number of guanidine groups is 1. The normalized spacial score (nSPS) is 25.9. The van der Waals surface area contributed by atoms with E-state index in [4.69, 9.17) is 17.0 Å². The van der Waals surface area contributed by atoms with Gasteiger partial charge in [0.05, 0.1) is 11.3 Å². The Kier molecular flexibility index (Phi) is 5.17. The molecule has 0 aromatic carbocycles. The number of nitrogens with zero attached hydrogens (tertiary/aromatic N) is 1. The Labute approximate surface area is 145 Å². The fraction of sp³-hybridized carbons (Fsp3) is 0.429. The largest absolute Gasteiger partial charge is 0.345 e. The molecule has 0 radical (unpaired) electrons. The molecule has 0 aliphatic carbocycles. The van der Waals surface area contributed by atoms with Gasteiger partial charge in [-0.05, 0) is 30.9 Å². The summed E-state index contributed by atoms with van der Waals surface area (Å²) in [5.74, 6) is -0.237. The van der Waals surface area contributed by atoms with Crippen LogP contribution >= 0.6 is 22.9 Å². The standard InChI is InChI=1S/C14H19ClN4O2S2/c1-9(5-17-6-10(2)15)11-4-12(22-7-11)14(3)8-23(20,21)19-13(16)18-14/h4-7,9H,8H2,1-3H3,(H3,16,18,19)/b10-6+,17-5-/t9?,14-/m0/s1. The van der Waals surface area contributed by atoms with E-state index in [9.17, 15) is 8.42 Å². The predicted molar refractivity (Wildman–Crippen MR) is 96.0 cm³/mol. The molecule has 1 aliphatic rings. The molecule has 3 N–H and O–H groups in total. The number of halogens is 1. The zero-order valence-electron chi connectivity index (χ0n) is 13.1. The molecule has 6 nitrogen and oxygen atoms in total. The number of thiophene rings is 1. The zero-order valence-corrected chi connectivity index (χ0v) is 15.4. The van der Waals surface area contributed by atoms with Gasteiger partial charge in [-0.15, -0.1) is 11.3 Å². The number of aliphatic imine (C=N–C) groups is 1. The summed E-state index contributed by atoms with van der Waals surface area (Å²) in [5.41, 5.74) is 0.230. The lowest BCUT2D eigenvalue weighted by molar-refractivity contribution is 0.464. The molecule has 23 heavy (non-hydrogen) atoms. The molecule has 2 heterocycles.